The second-order valence-electron chi connectivity index (χ2n) is 11.3. The summed E-state index contributed by atoms with van der Waals surface area (Å²) < 4.78 is 11.0. The highest BCUT2D eigenvalue weighted by Gasteiger charge is 2.24. The van der Waals surface area contributed by atoms with Crippen LogP contribution in [0.4, 0.5) is 0 Å². The van der Waals surface area contributed by atoms with Gasteiger partial charge in [-0.25, -0.2) is 0 Å². The molecule has 0 aliphatic carbocycles. The van der Waals surface area contributed by atoms with E-state index in [9.17, 15) is 24.6 Å². The van der Waals surface area contributed by atoms with Crippen molar-refractivity contribution in [3.63, 3.8) is 0 Å². The first-order valence-electron chi connectivity index (χ1n) is 12.8. The fourth-order valence-electron chi connectivity index (χ4n) is 3.83. The molecular weight excluding hydrogens is 468 g/mol. The average Bonchev–Trinajstić information content (AvgIpc) is 2.72. The van der Waals surface area contributed by atoms with E-state index >= 15 is 0 Å². The van der Waals surface area contributed by atoms with Crippen molar-refractivity contribution in [2.24, 2.45) is 0 Å². The van der Waals surface area contributed by atoms with Gasteiger partial charge in [-0.1, -0.05) is 0 Å². The molecule has 1 atom stereocenters. The minimum absolute atomic E-state index is 0.102. The van der Waals surface area contributed by atoms with E-state index in [0.29, 0.717) is 52.4 Å². The summed E-state index contributed by atoms with van der Waals surface area (Å²) in [5.41, 5.74) is -1.18. The molecule has 0 bridgehead atoms. The minimum Gasteiger partial charge on any atom is -0.459 e. The maximum atomic E-state index is 12.6. The molecule has 1 aliphatic heterocycles. The van der Waals surface area contributed by atoms with Crippen molar-refractivity contribution < 1.29 is 34.1 Å². The number of aliphatic hydroxyl groups excluding tert-OH is 2. The second-order valence-corrected chi connectivity index (χ2v) is 11.3. The number of rotatable bonds is 9. The Bertz CT molecular complexity index is 678. The summed E-state index contributed by atoms with van der Waals surface area (Å²) in [6.45, 7) is 15.8. The molecule has 0 radical (unpaired) electrons. The van der Waals surface area contributed by atoms with E-state index in [1.54, 1.807) is 0 Å². The van der Waals surface area contributed by atoms with Crippen LogP contribution in [0.15, 0.2) is 0 Å². The molecular formula is C25H48N4O7. The number of carbonyl (C=O) groups is 3. The van der Waals surface area contributed by atoms with Crippen LogP contribution in [-0.2, 0) is 23.9 Å². The number of aldehydes is 1. The van der Waals surface area contributed by atoms with E-state index in [4.69, 9.17) is 9.47 Å². The van der Waals surface area contributed by atoms with Crippen molar-refractivity contribution in [3.05, 3.63) is 0 Å². The van der Waals surface area contributed by atoms with Crippen LogP contribution in [-0.4, -0.2) is 150 Å². The molecule has 0 amide bonds. The number of nitrogens with zero attached hydrogens (tertiary/aromatic N) is 4. The van der Waals surface area contributed by atoms with E-state index in [2.05, 4.69) is 0 Å². The lowest BCUT2D eigenvalue weighted by molar-refractivity contribution is -0.158. The highest BCUT2D eigenvalue weighted by molar-refractivity contribution is 5.72. The highest BCUT2D eigenvalue weighted by Crippen LogP contribution is 2.10. The smallest absolute Gasteiger partial charge is 0.320 e. The molecule has 2 N–H and O–H groups in total. The van der Waals surface area contributed by atoms with E-state index in [1.807, 2.05) is 61.1 Å². The van der Waals surface area contributed by atoms with Crippen LogP contribution in [0.1, 0.15) is 41.5 Å². The standard InChI is InChI=1S/C25H48N4O7/c1-24(2,3)35-22(33)18-28-10-8-26(15-16-30)7-9-27(17-21(32)20-31)11-12-29(14-13-28)19-23(34)36-25(4,5)6/h16,21,31-32H,7-15,17-20H2,1-6H3. The summed E-state index contributed by atoms with van der Waals surface area (Å²) in [7, 11) is 0. The zero-order valence-corrected chi connectivity index (χ0v) is 23.1. The van der Waals surface area contributed by atoms with E-state index in [0.717, 1.165) is 6.29 Å². The van der Waals surface area contributed by atoms with Crippen molar-refractivity contribution in [1.82, 2.24) is 19.6 Å². The molecule has 210 valence electrons. The number of ether oxygens (including phenoxy) is 2. The molecule has 11 nitrogen and oxygen atoms in total. The molecule has 0 spiro atoms. The molecule has 0 aromatic heterocycles. The van der Waals surface area contributed by atoms with Gasteiger partial charge in [0.1, 0.15) is 17.5 Å². The lowest BCUT2D eigenvalue weighted by Gasteiger charge is -2.34. The third kappa shape index (κ3) is 15.5. The van der Waals surface area contributed by atoms with Gasteiger partial charge in [0, 0.05) is 58.9 Å². The third-order valence-electron chi connectivity index (χ3n) is 5.49. The molecule has 1 heterocycles. The van der Waals surface area contributed by atoms with Crippen molar-refractivity contribution in [1.29, 1.82) is 0 Å². The number of aliphatic hydroxyl groups is 2. The summed E-state index contributed by atoms with van der Waals surface area (Å²) in [5.74, 6) is -0.647. The van der Waals surface area contributed by atoms with Gasteiger partial charge < -0.3 is 24.5 Å². The Labute approximate surface area is 216 Å². The Morgan fingerprint density at radius 2 is 1.11 bits per heavy atom. The normalized spacial score (nSPS) is 19.7. The minimum atomic E-state index is -0.874. The van der Waals surface area contributed by atoms with Crippen LogP contribution in [0.2, 0.25) is 0 Å². The van der Waals surface area contributed by atoms with Crippen molar-refractivity contribution in [2.45, 2.75) is 58.8 Å². The monoisotopic (exact) mass is 516 g/mol. The SMILES string of the molecule is CC(C)(C)OC(=O)CN1CCN(CC=O)CCN(CC(O)CO)CCN(CC(=O)OC(C)(C)C)CC1. The maximum absolute atomic E-state index is 12.6. The number of esters is 2. The van der Waals surface area contributed by atoms with Crippen LogP contribution in [0.25, 0.3) is 0 Å². The highest BCUT2D eigenvalue weighted by atomic mass is 16.6. The Morgan fingerprint density at radius 3 is 1.44 bits per heavy atom. The van der Waals surface area contributed by atoms with Gasteiger partial charge in [-0.3, -0.25) is 29.2 Å². The zero-order chi connectivity index (χ0) is 27.4. The molecule has 1 fully saturated rings. The first kappa shape index (κ1) is 32.4. The van der Waals surface area contributed by atoms with Crippen LogP contribution < -0.4 is 0 Å². The first-order chi connectivity index (χ1) is 16.7. The molecule has 1 rings (SSSR count). The summed E-state index contributed by atoms with van der Waals surface area (Å²) in [6, 6.07) is 0. The Balaban J connectivity index is 3.02. The van der Waals surface area contributed by atoms with Gasteiger partial charge in [0.2, 0.25) is 0 Å². The van der Waals surface area contributed by atoms with Gasteiger partial charge in [0.25, 0.3) is 0 Å². The quantitative estimate of drug-likeness (QED) is 0.303. The van der Waals surface area contributed by atoms with Gasteiger partial charge >= 0.3 is 11.9 Å². The molecule has 1 unspecified atom stereocenters. The van der Waals surface area contributed by atoms with Gasteiger partial charge in [-0.2, -0.15) is 0 Å². The van der Waals surface area contributed by atoms with Crippen molar-refractivity contribution >= 4 is 18.2 Å². The molecule has 11 heteroatoms. The van der Waals surface area contributed by atoms with Gasteiger partial charge in [0.15, 0.2) is 0 Å². The Hall–Kier alpha value is -1.63. The Morgan fingerprint density at radius 1 is 0.750 bits per heavy atom. The molecule has 36 heavy (non-hydrogen) atoms. The predicted octanol–water partition coefficient (Wildman–Crippen LogP) is -0.556. The first-order valence-corrected chi connectivity index (χ1v) is 12.8. The molecule has 0 aromatic carbocycles. The summed E-state index contributed by atoms with van der Waals surface area (Å²) in [6.07, 6.45) is -0.0134. The van der Waals surface area contributed by atoms with E-state index < -0.39 is 17.3 Å². The number of β-amino-alcohol motifs (C(OH)–C–C–N with tert-alkyl or cyclic N) is 1. The molecule has 0 saturated carbocycles. The largest absolute Gasteiger partial charge is 0.459 e. The van der Waals surface area contributed by atoms with Crippen molar-refractivity contribution in [2.75, 3.05) is 85.1 Å². The van der Waals surface area contributed by atoms with E-state index in [1.165, 1.54) is 0 Å². The van der Waals surface area contributed by atoms with Crippen LogP contribution in [0.5, 0.6) is 0 Å². The molecule has 1 saturated heterocycles. The lowest BCUT2D eigenvalue weighted by Crippen LogP contribution is -2.49. The van der Waals surface area contributed by atoms with Crippen LogP contribution >= 0.6 is 0 Å². The maximum Gasteiger partial charge on any atom is 0.320 e. The third-order valence-corrected chi connectivity index (χ3v) is 5.49. The Kier molecular flexibility index (Phi) is 14.0. The van der Waals surface area contributed by atoms with Gasteiger partial charge in [0.05, 0.1) is 32.3 Å². The molecule has 1 aliphatic rings. The number of hydrogen-bond acceptors (Lipinski definition) is 11. The van der Waals surface area contributed by atoms with E-state index in [-0.39, 0.29) is 44.7 Å². The summed E-state index contributed by atoms with van der Waals surface area (Å²) in [4.78, 5) is 44.3. The van der Waals surface area contributed by atoms with Crippen molar-refractivity contribution in [3.8, 4) is 0 Å². The average molecular weight is 517 g/mol. The summed E-state index contributed by atoms with van der Waals surface area (Å²) in [5, 5.41) is 19.3. The topological polar surface area (TPSA) is 123 Å². The predicted molar refractivity (Wildman–Crippen MR) is 137 cm³/mol. The van der Waals surface area contributed by atoms with Crippen LogP contribution in [0.3, 0.4) is 0 Å². The molecule has 0 aromatic rings. The number of carbonyl (C=O) groups excluding carboxylic acids is 3. The fraction of sp³-hybridized carbons (Fsp3) is 0.880. The van der Waals surface area contributed by atoms with Gasteiger partial charge in [-0.15, -0.1) is 0 Å². The summed E-state index contributed by atoms with van der Waals surface area (Å²) >= 11 is 0. The lowest BCUT2D eigenvalue weighted by atomic mass is 10.2. The van der Waals surface area contributed by atoms with Crippen LogP contribution in [0, 0.1) is 0 Å². The fourth-order valence-corrected chi connectivity index (χ4v) is 3.83. The number of hydrogen-bond donors (Lipinski definition) is 2. The second kappa shape index (κ2) is 15.6. The zero-order valence-electron chi connectivity index (χ0n) is 23.1. The van der Waals surface area contributed by atoms with Gasteiger partial charge in [-0.05, 0) is 41.5 Å².